The van der Waals surface area contributed by atoms with Crippen LogP contribution in [0.25, 0.3) is 0 Å². The molecule has 0 saturated heterocycles. The third-order valence-corrected chi connectivity index (χ3v) is 1.85. The quantitative estimate of drug-likeness (QED) is 0.600. The van der Waals surface area contributed by atoms with E-state index in [1.54, 1.807) is 6.08 Å². The zero-order valence-corrected chi connectivity index (χ0v) is 8.43. The van der Waals surface area contributed by atoms with Crippen molar-refractivity contribution in [2.24, 2.45) is 5.92 Å². The van der Waals surface area contributed by atoms with E-state index in [-0.39, 0.29) is 5.57 Å². The Morgan fingerprint density at radius 1 is 1.43 bits per heavy atom. The molecule has 0 spiro atoms. The van der Waals surface area contributed by atoms with Crippen LogP contribution < -0.4 is 0 Å². The van der Waals surface area contributed by atoms with E-state index in [4.69, 9.17) is 0 Å². The maximum absolute atomic E-state index is 12.3. The second-order valence-corrected chi connectivity index (χ2v) is 2.98. The van der Waals surface area contributed by atoms with Gasteiger partial charge in [0.15, 0.2) is 0 Å². The van der Waals surface area contributed by atoms with Gasteiger partial charge in [0.2, 0.25) is 0 Å². The number of rotatable bonds is 4. The summed E-state index contributed by atoms with van der Waals surface area (Å²) in [5.74, 6) is -1.44. The smallest absolute Gasteiger partial charge is 0.170 e. The van der Waals surface area contributed by atoms with Crippen LogP contribution in [0.1, 0.15) is 20.3 Å². The van der Waals surface area contributed by atoms with Gasteiger partial charge in [-0.25, -0.2) is 0 Å². The molecule has 1 unspecified atom stereocenters. The summed E-state index contributed by atoms with van der Waals surface area (Å²) in [4.78, 5) is 0. The second-order valence-electron chi connectivity index (χ2n) is 2.98. The fourth-order valence-electron chi connectivity index (χ4n) is 0.923. The molecule has 0 bridgehead atoms. The van der Waals surface area contributed by atoms with Crippen molar-refractivity contribution in [2.75, 3.05) is 0 Å². The first-order chi connectivity index (χ1) is 6.43. The summed E-state index contributed by atoms with van der Waals surface area (Å²) in [6.07, 6.45) is 2.51. The molecule has 0 rings (SSSR count). The maximum Gasteiger partial charge on any atom is 0.395 e. The van der Waals surface area contributed by atoms with Crippen molar-refractivity contribution < 1.29 is 13.2 Å². The molecule has 0 amide bonds. The zero-order chi connectivity index (χ0) is 11.2. The molecule has 0 aliphatic carbocycles. The largest absolute Gasteiger partial charge is 0.395 e. The van der Waals surface area contributed by atoms with Gasteiger partial charge < -0.3 is 0 Å². The highest BCUT2D eigenvalue weighted by molar-refractivity contribution is 5.26. The topological polar surface area (TPSA) is 0 Å². The molecule has 0 radical (unpaired) electrons. The summed E-state index contributed by atoms with van der Waals surface area (Å²) in [6.45, 7) is 6.42. The Hall–Kier alpha value is -0.990. The van der Waals surface area contributed by atoms with Gasteiger partial charge >= 0.3 is 6.18 Å². The van der Waals surface area contributed by atoms with Gasteiger partial charge in [0, 0.05) is 0 Å². The molecule has 0 heterocycles. The zero-order valence-electron chi connectivity index (χ0n) is 8.43. The molecule has 0 fully saturated rings. The highest BCUT2D eigenvalue weighted by Crippen LogP contribution is 2.32. The Bertz CT molecular complexity index is 233. The van der Waals surface area contributed by atoms with Gasteiger partial charge in [0.05, 0.1) is 5.92 Å². The average molecular weight is 204 g/mol. The third-order valence-electron chi connectivity index (χ3n) is 1.85. The molecule has 0 aliphatic heterocycles. The van der Waals surface area contributed by atoms with Crippen LogP contribution in [0.2, 0.25) is 0 Å². The van der Waals surface area contributed by atoms with Crippen LogP contribution in [0.5, 0.6) is 0 Å². The molecule has 0 aromatic heterocycles. The number of allylic oxidation sites excluding steroid dienone is 5. The Labute approximate surface area is 82.8 Å². The molecule has 0 saturated carbocycles. The van der Waals surface area contributed by atoms with Crippen molar-refractivity contribution in [3.63, 3.8) is 0 Å². The molecular formula is C11H15F3. The molecular weight excluding hydrogens is 189 g/mol. The lowest BCUT2D eigenvalue weighted by Gasteiger charge is -2.16. The lowest BCUT2D eigenvalue weighted by atomic mass is 9.99. The first kappa shape index (κ1) is 13.0. The van der Waals surface area contributed by atoms with Gasteiger partial charge in [-0.1, -0.05) is 37.8 Å². The maximum atomic E-state index is 12.3. The van der Waals surface area contributed by atoms with Crippen LogP contribution in [0.4, 0.5) is 13.2 Å². The molecule has 1 atom stereocenters. The fourth-order valence-corrected chi connectivity index (χ4v) is 0.923. The summed E-state index contributed by atoms with van der Waals surface area (Å²) in [5, 5.41) is 0. The molecule has 14 heavy (non-hydrogen) atoms. The molecule has 0 nitrogen and oxygen atoms in total. The minimum atomic E-state index is -4.19. The van der Waals surface area contributed by atoms with Crippen LogP contribution in [0, 0.1) is 5.92 Å². The van der Waals surface area contributed by atoms with Crippen LogP contribution in [-0.4, -0.2) is 6.18 Å². The Balaban J connectivity index is 4.76. The Morgan fingerprint density at radius 3 is 2.36 bits per heavy atom. The van der Waals surface area contributed by atoms with Gasteiger partial charge in [-0.3, -0.25) is 0 Å². The van der Waals surface area contributed by atoms with E-state index in [9.17, 15) is 13.2 Å². The Morgan fingerprint density at radius 2 is 2.00 bits per heavy atom. The van der Waals surface area contributed by atoms with Crippen LogP contribution >= 0.6 is 0 Å². The second kappa shape index (κ2) is 5.68. The van der Waals surface area contributed by atoms with Gasteiger partial charge in [0.25, 0.3) is 0 Å². The molecule has 0 aliphatic rings. The number of alkyl halides is 3. The SMILES string of the molecule is C=C/C=C(\C=C/CC)C(C)C(F)(F)F. The minimum absolute atomic E-state index is 0.245. The fraction of sp³-hybridized carbons (Fsp3) is 0.455. The number of hydrogen-bond acceptors (Lipinski definition) is 0. The molecule has 0 N–H and O–H groups in total. The number of halogens is 3. The minimum Gasteiger partial charge on any atom is -0.170 e. The summed E-state index contributed by atoms with van der Waals surface area (Å²) in [6, 6.07) is 0. The van der Waals surface area contributed by atoms with Crippen LogP contribution in [-0.2, 0) is 0 Å². The van der Waals surface area contributed by atoms with Crippen molar-refractivity contribution in [2.45, 2.75) is 26.4 Å². The van der Waals surface area contributed by atoms with Gasteiger partial charge in [-0.15, -0.1) is 0 Å². The van der Waals surface area contributed by atoms with Crippen molar-refractivity contribution in [3.8, 4) is 0 Å². The lowest BCUT2D eigenvalue weighted by molar-refractivity contribution is -0.158. The molecule has 3 heteroatoms. The van der Waals surface area contributed by atoms with Crippen molar-refractivity contribution in [3.05, 3.63) is 36.5 Å². The predicted molar refractivity (Wildman–Crippen MR) is 52.9 cm³/mol. The first-order valence-corrected chi connectivity index (χ1v) is 4.49. The molecule has 80 valence electrons. The van der Waals surface area contributed by atoms with E-state index in [1.165, 1.54) is 18.2 Å². The van der Waals surface area contributed by atoms with E-state index >= 15 is 0 Å². The van der Waals surface area contributed by atoms with Crippen molar-refractivity contribution in [1.82, 2.24) is 0 Å². The highest BCUT2D eigenvalue weighted by atomic mass is 19.4. The summed E-state index contributed by atoms with van der Waals surface area (Å²) in [5.41, 5.74) is 0.245. The van der Waals surface area contributed by atoms with Gasteiger partial charge in [0.1, 0.15) is 0 Å². The Kier molecular flexibility index (Phi) is 5.28. The first-order valence-electron chi connectivity index (χ1n) is 4.49. The summed E-state index contributed by atoms with van der Waals surface area (Å²) < 4.78 is 37.0. The summed E-state index contributed by atoms with van der Waals surface area (Å²) >= 11 is 0. The average Bonchev–Trinajstić information content (AvgIpc) is 2.09. The van der Waals surface area contributed by atoms with Crippen LogP contribution in [0.15, 0.2) is 36.5 Å². The van der Waals surface area contributed by atoms with E-state index < -0.39 is 12.1 Å². The normalized spacial score (nSPS) is 15.9. The predicted octanol–water partition coefficient (Wildman–Crippen LogP) is 4.26. The van der Waals surface area contributed by atoms with Gasteiger partial charge in [-0.05, 0) is 18.9 Å². The van der Waals surface area contributed by atoms with Crippen molar-refractivity contribution in [1.29, 1.82) is 0 Å². The van der Waals surface area contributed by atoms with Crippen LogP contribution in [0.3, 0.4) is 0 Å². The van der Waals surface area contributed by atoms with Gasteiger partial charge in [-0.2, -0.15) is 13.2 Å². The number of hydrogen-bond donors (Lipinski definition) is 0. The van der Waals surface area contributed by atoms with E-state index in [2.05, 4.69) is 6.58 Å². The molecule has 0 aromatic carbocycles. The third kappa shape index (κ3) is 4.30. The van der Waals surface area contributed by atoms with E-state index in [0.717, 1.165) is 13.3 Å². The standard InChI is InChI=1S/C11H15F3/c1-4-6-8-10(7-5-2)9(3)11(12,13)14/h5-9H,2,4H2,1,3H3/b8-6-,10-7+. The van der Waals surface area contributed by atoms with E-state index in [1.807, 2.05) is 6.92 Å². The monoisotopic (exact) mass is 204 g/mol. The highest BCUT2D eigenvalue weighted by Gasteiger charge is 2.37. The molecule has 0 aromatic rings. The van der Waals surface area contributed by atoms with E-state index in [0.29, 0.717) is 0 Å². The van der Waals surface area contributed by atoms with Crippen molar-refractivity contribution >= 4 is 0 Å². The summed E-state index contributed by atoms with van der Waals surface area (Å²) in [7, 11) is 0. The lowest BCUT2D eigenvalue weighted by Crippen LogP contribution is -2.21.